The number of benzene rings is 3. The molecule has 3 aromatic rings. The third-order valence-electron chi connectivity index (χ3n) is 6.56. The fourth-order valence-electron chi connectivity index (χ4n) is 4.85. The van der Waals surface area contributed by atoms with Crippen LogP contribution in [0, 0.1) is 16.0 Å². The first-order valence-corrected chi connectivity index (χ1v) is 11.2. The number of fused-ring (bicyclic) bond motifs is 3. The predicted molar refractivity (Wildman–Crippen MR) is 129 cm³/mol. The van der Waals surface area contributed by atoms with Gasteiger partial charge in [-0.15, -0.1) is 0 Å². The molecule has 1 aliphatic carbocycles. The van der Waals surface area contributed by atoms with Crippen molar-refractivity contribution in [1.82, 2.24) is 0 Å². The first-order valence-electron chi connectivity index (χ1n) is 11.2. The average molecular weight is 470 g/mol. The Hall–Kier alpha value is -4.46. The summed E-state index contributed by atoms with van der Waals surface area (Å²) >= 11 is 0. The minimum atomic E-state index is -0.584. The second-order valence-electron chi connectivity index (χ2n) is 8.50. The molecule has 8 heteroatoms. The van der Waals surface area contributed by atoms with E-state index in [1.807, 2.05) is 12.1 Å². The SMILES string of the molecule is COC(=O)c1ccccc1OC(=O)c1ccc2c(c1)[C@@H]1C=CC[C@H]1[C@H](c1ccc([N+](=O)[O-])cc1)N2. The fraction of sp³-hybridized carbons (Fsp3) is 0.185. The molecule has 176 valence electrons. The van der Waals surface area contributed by atoms with Crippen molar-refractivity contribution >= 4 is 23.3 Å². The summed E-state index contributed by atoms with van der Waals surface area (Å²) in [5.41, 5.74) is 3.46. The standard InChI is InChI=1S/C27H22N2O6/c1-34-27(31)21-5-2-3-8-24(21)35-26(30)17-11-14-23-22(15-17)19-6-4-7-20(19)25(28-23)16-9-12-18(13-10-16)29(32)33/h2-6,8-15,19-20,25,28H,7H2,1H3/t19-,20-,25+/m1/s1. The number of carbonyl (C=O) groups is 2. The lowest BCUT2D eigenvalue weighted by atomic mass is 9.76. The van der Waals surface area contributed by atoms with E-state index in [0.29, 0.717) is 5.56 Å². The molecule has 0 amide bonds. The molecule has 35 heavy (non-hydrogen) atoms. The highest BCUT2D eigenvalue weighted by Crippen LogP contribution is 2.50. The number of rotatable bonds is 5. The Bertz CT molecular complexity index is 1350. The van der Waals surface area contributed by atoms with E-state index < -0.39 is 16.9 Å². The second-order valence-corrected chi connectivity index (χ2v) is 8.50. The summed E-state index contributed by atoms with van der Waals surface area (Å²) < 4.78 is 10.3. The number of hydrogen-bond acceptors (Lipinski definition) is 7. The van der Waals surface area contributed by atoms with Crippen LogP contribution in [-0.4, -0.2) is 24.0 Å². The molecule has 0 saturated carbocycles. The van der Waals surface area contributed by atoms with Gasteiger partial charge in [0.1, 0.15) is 11.3 Å². The van der Waals surface area contributed by atoms with Crippen molar-refractivity contribution < 1.29 is 24.0 Å². The number of nitro benzene ring substituents is 1. The zero-order valence-corrected chi connectivity index (χ0v) is 18.8. The second kappa shape index (κ2) is 9.06. The summed E-state index contributed by atoms with van der Waals surface area (Å²) in [5, 5.41) is 14.6. The van der Waals surface area contributed by atoms with Gasteiger partial charge in [-0.3, -0.25) is 10.1 Å². The molecule has 8 nitrogen and oxygen atoms in total. The largest absolute Gasteiger partial charge is 0.465 e. The number of ether oxygens (including phenoxy) is 2. The molecule has 3 aromatic carbocycles. The van der Waals surface area contributed by atoms with E-state index in [1.165, 1.54) is 25.3 Å². The molecular weight excluding hydrogens is 448 g/mol. The molecule has 1 heterocycles. The number of nitro groups is 1. The molecule has 1 aliphatic heterocycles. The number of esters is 2. The number of methoxy groups -OCH3 is 1. The van der Waals surface area contributed by atoms with Crippen LogP contribution in [0.3, 0.4) is 0 Å². The molecule has 1 N–H and O–H groups in total. The number of hydrogen-bond donors (Lipinski definition) is 1. The van der Waals surface area contributed by atoms with E-state index in [2.05, 4.69) is 17.5 Å². The molecule has 0 bridgehead atoms. The van der Waals surface area contributed by atoms with Crippen LogP contribution in [0.2, 0.25) is 0 Å². The number of allylic oxidation sites excluding steroid dienone is 2. The number of para-hydroxylation sites is 1. The van der Waals surface area contributed by atoms with E-state index in [1.54, 1.807) is 36.4 Å². The molecular formula is C27H22N2O6. The van der Waals surface area contributed by atoms with Gasteiger partial charge in [0.15, 0.2) is 0 Å². The van der Waals surface area contributed by atoms with Gasteiger partial charge < -0.3 is 14.8 Å². The topological polar surface area (TPSA) is 108 Å². The van der Waals surface area contributed by atoms with Crippen molar-refractivity contribution in [3.8, 4) is 5.75 Å². The molecule has 0 unspecified atom stereocenters. The summed E-state index contributed by atoms with van der Waals surface area (Å²) in [5.74, 6) is -0.728. The Balaban J connectivity index is 1.42. The maximum absolute atomic E-state index is 13.0. The van der Waals surface area contributed by atoms with E-state index in [0.717, 1.165) is 23.2 Å². The highest BCUT2D eigenvalue weighted by atomic mass is 16.6. The van der Waals surface area contributed by atoms with Gasteiger partial charge in [0, 0.05) is 23.7 Å². The predicted octanol–water partition coefficient (Wildman–Crippen LogP) is 5.43. The van der Waals surface area contributed by atoms with E-state index in [4.69, 9.17) is 9.47 Å². The highest BCUT2D eigenvalue weighted by Gasteiger charge is 2.38. The number of nitrogens with zero attached hydrogens (tertiary/aromatic N) is 1. The van der Waals surface area contributed by atoms with Crippen LogP contribution in [0.4, 0.5) is 11.4 Å². The molecule has 0 aromatic heterocycles. The van der Waals surface area contributed by atoms with Gasteiger partial charge >= 0.3 is 11.9 Å². The summed E-state index contributed by atoms with van der Waals surface area (Å²) in [7, 11) is 1.27. The summed E-state index contributed by atoms with van der Waals surface area (Å²) in [4.78, 5) is 35.6. The summed E-state index contributed by atoms with van der Waals surface area (Å²) in [6.07, 6.45) is 5.12. The van der Waals surface area contributed by atoms with Crippen molar-refractivity contribution in [3.63, 3.8) is 0 Å². The van der Waals surface area contributed by atoms with Gasteiger partial charge in [0.05, 0.1) is 23.6 Å². The number of nitrogens with one attached hydrogen (secondary N) is 1. The van der Waals surface area contributed by atoms with Gasteiger partial charge in [-0.2, -0.15) is 0 Å². The molecule has 0 fully saturated rings. The Labute approximate surface area is 201 Å². The highest BCUT2D eigenvalue weighted by molar-refractivity contribution is 5.96. The normalized spacial score (nSPS) is 19.7. The molecule has 3 atom stereocenters. The zero-order chi connectivity index (χ0) is 24.5. The quantitative estimate of drug-likeness (QED) is 0.174. The van der Waals surface area contributed by atoms with Crippen LogP contribution < -0.4 is 10.1 Å². The molecule has 5 rings (SSSR count). The third-order valence-corrected chi connectivity index (χ3v) is 6.56. The van der Waals surface area contributed by atoms with Gasteiger partial charge in [-0.25, -0.2) is 9.59 Å². The zero-order valence-electron chi connectivity index (χ0n) is 18.8. The number of carbonyl (C=O) groups excluding carboxylic acids is 2. The molecule has 0 radical (unpaired) electrons. The fourth-order valence-corrected chi connectivity index (χ4v) is 4.85. The van der Waals surface area contributed by atoms with E-state index >= 15 is 0 Å². The van der Waals surface area contributed by atoms with Crippen molar-refractivity contribution in [2.24, 2.45) is 5.92 Å². The lowest BCUT2D eigenvalue weighted by Gasteiger charge is -2.37. The van der Waals surface area contributed by atoms with Crippen LogP contribution in [0.25, 0.3) is 0 Å². The van der Waals surface area contributed by atoms with Gasteiger partial charge in [0.2, 0.25) is 0 Å². The van der Waals surface area contributed by atoms with Crippen molar-refractivity contribution in [1.29, 1.82) is 0 Å². The maximum Gasteiger partial charge on any atom is 0.343 e. The summed E-state index contributed by atoms with van der Waals surface area (Å²) in [6.45, 7) is 0. The van der Waals surface area contributed by atoms with Crippen molar-refractivity contribution in [2.45, 2.75) is 18.4 Å². The van der Waals surface area contributed by atoms with Crippen LogP contribution in [0.1, 0.15) is 50.2 Å². The number of anilines is 1. The van der Waals surface area contributed by atoms with Crippen molar-refractivity contribution in [3.05, 3.63) is 111 Å². The van der Waals surface area contributed by atoms with E-state index in [9.17, 15) is 19.7 Å². The average Bonchev–Trinajstić information content (AvgIpc) is 3.38. The lowest BCUT2D eigenvalue weighted by molar-refractivity contribution is -0.384. The maximum atomic E-state index is 13.0. The molecule has 2 aliphatic rings. The van der Waals surface area contributed by atoms with Crippen LogP contribution in [0.5, 0.6) is 5.75 Å². The third kappa shape index (κ3) is 4.14. The first-order chi connectivity index (χ1) is 17.0. The number of non-ortho nitro benzene ring substituents is 1. The van der Waals surface area contributed by atoms with Crippen LogP contribution >= 0.6 is 0 Å². The summed E-state index contributed by atoms with van der Waals surface area (Å²) in [6, 6.07) is 18.4. The van der Waals surface area contributed by atoms with Crippen molar-refractivity contribution in [2.75, 3.05) is 12.4 Å². The van der Waals surface area contributed by atoms with Crippen LogP contribution in [-0.2, 0) is 4.74 Å². The Morgan fingerprint density at radius 1 is 1.03 bits per heavy atom. The Kier molecular flexibility index (Phi) is 5.78. The van der Waals surface area contributed by atoms with Gasteiger partial charge in [-0.05, 0) is 53.8 Å². The molecule has 0 spiro atoms. The lowest BCUT2D eigenvalue weighted by Crippen LogP contribution is -2.29. The Morgan fingerprint density at radius 2 is 1.80 bits per heavy atom. The monoisotopic (exact) mass is 470 g/mol. The first kappa shape index (κ1) is 22.3. The van der Waals surface area contributed by atoms with Crippen LogP contribution in [0.15, 0.2) is 78.9 Å². The molecule has 0 saturated heterocycles. The Morgan fingerprint density at radius 3 is 2.54 bits per heavy atom. The van der Waals surface area contributed by atoms with E-state index in [-0.39, 0.29) is 34.9 Å². The van der Waals surface area contributed by atoms with Gasteiger partial charge in [-0.1, -0.05) is 36.4 Å². The minimum Gasteiger partial charge on any atom is -0.465 e. The smallest absolute Gasteiger partial charge is 0.343 e. The van der Waals surface area contributed by atoms with Gasteiger partial charge in [0.25, 0.3) is 5.69 Å². The minimum absolute atomic E-state index is 0.0203.